The predicted octanol–water partition coefficient (Wildman–Crippen LogP) is 4.55. The molecule has 2 rings (SSSR count). The van der Waals surface area contributed by atoms with Gasteiger partial charge in [0.2, 0.25) is 0 Å². The van der Waals surface area contributed by atoms with Crippen molar-refractivity contribution in [3.63, 3.8) is 0 Å². The van der Waals surface area contributed by atoms with Gasteiger partial charge in [-0.1, -0.05) is 28.1 Å². The average molecular weight is 336 g/mol. The maximum Gasteiger partial charge on any atom is 0.270 e. The first-order valence-corrected chi connectivity index (χ1v) is 6.90. The summed E-state index contributed by atoms with van der Waals surface area (Å²) < 4.78 is 6.46. The van der Waals surface area contributed by atoms with Crippen LogP contribution in [0.25, 0.3) is 0 Å². The lowest BCUT2D eigenvalue weighted by atomic mass is 10.1. The number of nitro benzene ring substituents is 1. The number of non-ortho nitro benzene ring substituents is 1. The van der Waals surface area contributed by atoms with Crippen molar-refractivity contribution in [2.45, 2.75) is 20.5 Å². The summed E-state index contributed by atoms with van der Waals surface area (Å²) >= 11 is 3.34. The van der Waals surface area contributed by atoms with Crippen LogP contribution in [0.4, 0.5) is 5.69 Å². The number of nitro groups is 1. The highest BCUT2D eigenvalue weighted by molar-refractivity contribution is 9.10. The zero-order valence-corrected chi connectivity index (χ0v) is 12.8. The minimum absolute atomic E-state index is 0.0624. The van der Waals surface area contributed by atoms with Crippen LogP contribution < -0.4 is 4.74 Å². The molecule has 0 aromatic heterocycles. The van der Waals surface area contributed by atoms with E-state index in [1.54, 1.807) is 6.07 Å². The summed E-state index contributed by atoms with van der Waals surface area (Å²) in [5.41, 5.74) is 3.21. The van der Waals surface area contributed by atoms with E-state index in [0.717, 1.165) is 16.9 Å². The van der Waals surface area contributed by atoms with Crippen molar-refractivity contribution in [3.8, 4) is 5.75 Å². The number of rotatable bonds is 4. The molecule has 4 nitrogen and oxygen atoms in total. The normalized spacial score (nSPS) is 10.3. The molecule has 0 bridgehead atoms. The second-order valence-corrected chi connectivity index (χ2v) is 5.37. The fourth-order valence-corrected chi connectivity index (χ4v) is 2.28. The molecule has 0 aliphatic carbocycles. The lowest BCUT2D eigenvalue weighted by Crippen LogP contribution is -1.99. The summed E-state index contributed by atoms with van der Waals surface area (Å²) in [6, 6.07) is 10.6. The van der Waals surface area contributed by atoms with Gasteiger partial charge in [0.05, 0.1) is 4.92 Å². The number of hydrogen-bond donors (Lipinski definition) is 0. The van der Waals surface area contributed by atoms with E-state index >= 15 is 0 Å². The van der Waals surface area contributed by atoms with Crippen LogP contribution in [0.2, 0.25) is 0 Å². The second kappa shape index (κ2) is 6.05. The molecule has 0 amide bonds. The second-order valence-electron chi connectivity index (χ2n) is 4.52. The first kappa shape index (κ1) is 14.5. The van der Waals surface area contributed by atoms with Gasteiger partial charge in [0.15, 0.2) is 0 Å². The minimum Gasteiger partial charge on any atom is -0.489 e. The maximum absolute atomic E-state index is 10.7. The van der Waals surface area contributed by atoms with Crippen molar-refractivity contribution < 1.29 is 9.66 Å². The van der Waals surface area contributed by atoms with E-state index in [9.17, 15) is 10.1 Å². The van der Waals surface area contributed by atoms with Gasteiger partial charge in [-0.2, -0.15) is 0 Å². The molecule has 5 heteroatoms. The zero-order chi connectivity index (χ0) is 14.7. The summed E-state index contributed by atoms with van der Waals surface area (Å²) in [5, 5.41) is 10.7. The molecule has 104 valence electrons. The highest BCUT2D eigenvalue weighted by Gasteiger charge is 2.10. The van der Waals surface area contributed by atoms with Crippen LogP contribution in [0.3, 0.4) is 0 Å². The SMILES string of the molecule is Cc1cccc(OCc2ccc([N+](=O)[O-])cc2Br)c1C. The fourth-order valence-electron chi connectivity index (χ4n) is 1.80. The van der Waals surface area contributed by atoms with Gasteiger partial charge in [-0.05, 0) is 37.1 Å². The van der Waals surface area contributed by atoms with Gasteiger partial charge in [-0.25, -0.2) is 0 Å². The van der Waals surface area contributed by atoms with Gasteiger partial charge in [-0.15, -0.1) is 0 Å². The Hall–Kier alpha value is -1.88. The third-order valence-electron chi connectivity index (χ3n) is 3.19. The van der Waals surface area contributed by atoms with Gasteiger partial charge in [0.25, 0.3) is 5.69 Å². The summed E-state index contributed by atoms with van der Waals surface area (Å²) in [6.07, 6.45) is 0. The van der Waals surface area contributed by atoms with Gasteiger partial charge in [0, 0.05) is 22.2 Å². The van der Waals surface area contributed by atoms with E-state index in [1.807, 2.05) is 32.0 Å². The lowest BCUT2D eigenvalue weighted by molar-refractivity contribution is -0.384. The number of ether oxygens (including phenoxy) is 1. The standard InChI is InChI=1S/C15H14BrNO3/c1-10-4-3-5-15(11(10)2)20-9-12-6-7-13(17(18)19)8-14(12)16/h3-8H,9H2,1-2H3. The van der Waals surface area contributed by atoms with Crippen molar-refractivity contribution in [1.82, 2.24) is 0 Å². The fraction of sp³-hybridized carbons (Fsp3) is 0.200. The van der Waals surface area contributed by atoms with E-state index in [1.165, 1.54) is 17.7 Å². The van der Waals surface area contributed by atoms with Crippen molar-refractivity contribution in [3.05, 3.63) is 67.7 Å². The number of aryl methyl sites for hydroxylation is 1. The summed E-state index contributed by atoms with van der Waals surface area (Å²) in [5.74, 6) is 0.829. The monoisotopic (exact) mass is 335 g/mol. The van der Waals surface area contributed by atoms with Crippen LogP contribution in [-0.4, -0.2) is 4.92 Å². The van der Waals surface area contributed by atoms with E-state index in [2.05, 4.69) is 15.9 Å². The van der Waals surface area contributed by atoms with Crippen molar-refractivity contribution in [1.29, 1.82) is 0 Å². The number of hydrogen-bond acceptors (Lipinski definition) is 3. The van der Waals surface area contributed by atoms with E-state index in [4.69, 9.17) is 4.74 Å². The topological polar surface area (TPSA) is 52.4 Å². The van der Waals surface area contributed by atoms with E-state index in [0.29, 0.717) is 11.1 Å². The molecule has 20 heavy (non-hydrogen) atoms. The minimum atomic E-state index is -0.417. The molecule has 0 heterocycles. The Morgan fingerprint density at radius 2 is 2.00 bits per heavy atom. The Morgan fingerprint density at radius 3 is 2.65 bits per heavy atom. The van der Waals surface area contributed by atoms with E-state index in [-0.39, 0.29) is 5.69 Å². The molecule has 0 aliphatic rings. The number of nitrogens with zero attached hydrogens (tertiary/aromatic N) is 1. The molecule has 0 saturated carbocycles. The Balaban J connectivity index is 2.15. The molecular formula is C15H14BrNO3. The van der Waals surface area contributed by atoms with Gasteiger partial charge in [0.1, 0.15) is 12.4 Å². The highest BCUT2D eigenvalue weighted by Crippen LogP contribution is 2.26. The lowest BCUT2D eigenvalue weighted by Gasteiger charge is -2.11. The zero-order valence-electron chi connectivity index (χ0n) is 11.2. The van der Waals surface area contributed by atoms with Crippen LogP contribution in [0.5, 0.6) is 5.75 Å². The number of benzene rings is 2. The van der Waals surface area contributed by atoms with Crippen LogP contribution >= 0.6 is 15.9 Å². The highest BCUT2D eigenvalue weighted by atomic mass is 79.9. The molecule has 0 radical (unpaired) electrons. The molecular weight excluding hydrogens is 322 g/mol. The van der Waals surface area contributed by atoms with Crippen molar-refractivity contribution in [2.24, 2.45) is 0 Å². The predicted molar refractivity (Wildman–Crippen MR) is 81.0 cm³/mol. The molecule has 0 fully saturated rings. The Bertz CT molecular complexity index is 656. The molecule has 0 atom stereocenters. The third kappa shape index (κ3) is 3.17. The molecule has 0 saturated heterocycles. The van der Waals surface area contributed by atoms with Crippen molar-refractivity contribution >= 4 is 21.6 Å². The molecule has 2 aromatic carbocycles. The molecule has 0 unspecified atom stereocenters. The van der Waals surface area contributed by atoms with Crippen molar-refractivity contribution in [2.75, 3.05) is 0 Å². The first-order chi connectivity index (χ1) is 9.49. The quantitative estimate of drug-likeness (QED) is 0.608. The summed E-state index contributed by atoms with van der Waals surface area (Å²) in [7, 11) is 0. The van der Waals surface area contributed by atoms with Crippen LogP contribution in [0, 0.1) is 24.0 Å². The smallest absolute Gasteiger partial charge is 0.270 e. The first-order valence-electron chi connectivity index (χ1n) is 6.11. The Labute approximate surface area is 125 Å². The van der Waals surface area contributed by atoms with Crippen LogP contribution in [-0.2, 0) is 6.61 Å². The number of halogens is 1. The third-order valence-corrected chi connectivity index (χ3v) is 3.92. The molecule has 0 N–H and O–H groups in total. The summed E-state index contributed by atoms with van der Waals surface area (Å²) in [4.78, 5) is 10.3. The largest absolute Gasteiger partial charge is 0.489 e. The van der Waals surface area contributed by atoms with Gasteiger partial charge in [-0.3, -0.25) is 10.1 Å². The Morgan fingerprint density at radius 1 is 1.25 bits per heavy atom. The van der Waals surface area contributed by atoms with Crippen LogP contribution in [0.1, 0.15) is 16.7 Å². The Kier molecular flexibility index (Phi) is 4.39. The molecule has 0 aliphatic heterocycles. The van der Waals surface area contributed by atoms with Gasteiger partial charge >= 0.3 is 0 Å². The van der Waals surface area contributed by atoms with E-state index < -0.39 is 4.92 Å². The maximum atomic E-state index is 10.7. The average Bonchev–Trinajstić information content (AvgIpc) is 2.41. The summed E-state index contributed by atoms with van der Waals surface area (Å²) in [6.45, 7) is 4.41. The molecule has 0 spiro atoms. The van der Waals surface area contributed by atoms with Gasteiger partial charge < -0.3 is 4.74 Å². The van der Waals surface area contributed by atoms with Crippen LogP contribution in [0.15, 0.2) is 40.9 Å². The molecule has 2 aromatic rings.